The Balaban J connectivity index is 2.42. The molecule has 0 spiro atoms. The Labute approximate surface area is 98.3 Å². The van der Waals surface area contributed by atoms with Crippen LogP contribution in [0.15, 0.2) is 0 Å². The largest absolute Gasteiger partial charge is 0.379 e. The zero-order valence-corrected chi connectivity index (χ0v) is 10.7. The summed E-state index contributed by atoms with van der Waals surface area (Å²) in [5.41, 5.74) is 0. The Bertz CT molecular complexity index is 221. The molecule has 1 rings (SSSR count). The predicted molar refractivity (Wildman–Crippen MR) is 64.4 cm³/mol. The number of carbonyl (C=O) groups is 1. The lowest BCUT2D eigenvalue weighted by molar-refractivity contribution is -0.120. The average Bonchev–Trinajstić information content (AvgIpc) is 2.21. The molecule has 16 heavy (non-hydrogen) atoms. The molecule has 0 aromatic carbocycles. The molecule has 1 aliphatic heterocycles. The van der Waals surface area contributed by atoms with Crippen molar-refractivity contribution in [1.82, 2.24) is 10.2 Å². The van der Waals surface area contributed by atoms with Crippen molar-refractivity contribution in [3.05, 3.63) is 0 Å². The fourth-order valence-corrected chi connectivity index (χ4v) is 2.16. The molecule has 1 heterocycles. The van der Waals surface area contributed by atoms with Gasteiger partial charge in [0, 0.05) is 32.1 Å². The van der Waals surface area contributed by atoms with Crippen LogP contribution in [0.1, 0.15) is 33.6 Å². The molecule has 1 amide bonds. The van der Waals surface area contributed by atoms with Gasteiger partial charge >= 0.3 is 0 Å². The Morgan fingerprint density at radius 2 is 2.38 bits per heavy atom. The van der Waals surface area contributed by atoms with Gasteiger partial charge in [-0.25, -0.2) is 0 Å². The average molecular weight is 228 g/mol. The molecule has 0 saturated carbocycles. The van der Waals surface area contributed by atoms with Crippen LogP contribution in [0.25, 0.3) is 0 Å². The van der Waals surface area contributed by atoms with Crippen LogP contribution < -0.4 is 5.32 Å². The Morgan fingerprint density at radius 1 is 1.62 bits per heavy atom. The molecule has 2 atom stereocenters. The van der Waals surface area contributed by atoms with E-state index >= 15 is 0 Å². The highest BCUT2D eigenvalue weighted by atomic mass is 16.5. The van der Waals surface area contributed by atoms with Crippen LogP contribution in [0.4, 0.5) is 0 Å². The molecule has 0 unspecified atom stereocenters. The van der Waals surface area contributed by atoms with Crippen molar-refractivity contribution >= 4 is 5.91 Å². The predicted octanol–water partition coefficient (Wildman–Crippen LogP) is 1.01. The minimum atomic E-state index is 0.0689. The van der Waals surface area contributed by atoms with Gasteiger partial charge in [0.05, 0.1) is 13.2 Å². The molecule has 4 heteroatoms. The molecular weight excluding hydrogens is 204 g/mol. The molecule has 0 aliphatic carbocycles. The molecule has 1 saturated heterocycles. The van der Waals surface area contributed by atoms with Crippen molar-refractivity contribution in [2.75, 3.05) is 26.3 Å². The van der Waals surface area contributed by atoms with E-state index in [1.54, 1.807) is 6.92 Å². The van der Waals surface area contributed by atoms with E-state index in [0.29, 0.717) is 6.04 Å². The number of carbonyl (C=O) groups excluding carboxylic acids is 1. The third-order valence-corrected chi connectivity index (χ3v) is 3.00. The van der Waals surface area contributed by atoms with E-state index in [-0.39, 0.29) is 11.9 Å². The van der Waals surface area contributed by atoms with Crippen molar-refractivity contribution in [3.63, 3.8) is 0 Å². The molecule has 0 radical (unpaired) electrons. The highest BCUT2D eigenvalue weighted by Crippen LogP contribution is 2.09. The topological polar surface area (TPSA) is 41.6 Å². The van der Waals surface area contributed by atoms with Gasteiger partial charge in [0.1, 0.15) is 0 Å². The van der Waals surface area contributed by atoms with Crippen LogP contribution in [-0.2, 0) is 9.53 Å². The number of hydrogen-bond acceptors (Lipinski definition) is 3. The third kappa shape index (κ3) is 4.49. The van der Waals surface area contributed by atoms with E-state index in [2.05, 4.69) is 24.1 Å². The lowest BCUT2D eigenvalue weighted by atomic mass is 10.1. The Morgan fingerprint density at radius 3 is 2.94 bits per heavy atom. The smallest absolute Gasteiger partial charge is 0.217 e. The molecule has 0 aromatic rings. The van der Waals surface area contributed by atoms with Crippen molar-refractivity contribution in [2.45, 2.75) is 45.7 Å². The van der Waals surface area contributed by atoms with Gasteiger partial charge < -0.3 is 10.1 Å². The molecular formula is C12H24N2O2. The number of hydrogen-bond donors (Lipinski definition) is 1. The number of rotatable bonds is 5. The maximum absolute atomic E-state index is 11.1. The minimum absolute atomic E-state index is 0.0689. The van der Waals surface area contributed by atoms with Gasteiger partial charge in [0.2, 0.25) is 5.91 Å². The summed E-state index contributed by atoms with van der Waals surface area (Å²) in [6.45, 7) is 9.44. The van der Waals surface area contributed by atoms with E-state index in [4.69, 9.17) is 4.74 Å². The molecule has 1 fully saturated rings. The fraction of sp³-hybridized carbons (Fsp3) is 0.917. The zero-order chi connectivity index (χ0) is 12.0. The van der Waals surface area contributed by atoms with Gasteiger partial charge in [-0.15, -0.1) is 0 Å². The maximum Gasteiger partial charge on any atom is 0.217 e. The lowest BCUT2D eigenvalue weighted by Crippen LogP contribution is -2.50. The van der Waals surface area contributed by atoms with Crippen LogP contribution in [0, 0.1) is 0 Å². The SMILES string of the molecule is CCC[C@@H](CN1CCOC[C@H]1C)NC(C)=O. The van der Waals surface area contributed by atoms with Crippen molar-refractivity contribution in [3.8, 4) is 0 Å². The summed E-state index contributed by atoms with van der Waals surface area (Å²) in [5.74, 6) is 0.0689. The van der Waals surface area contributed by atoms with Gasteiger partial charge in [0.25, 0.3) is 0 Å². The second kappa shape index (κ2) is 6.86. The summed E-state index contributed by atoms with van der Waals surface area (Å²) >= 11 is 0. The first-order valence-corrected chi connectivity index (χ1v) is 6.22. The van der Waals surface area contributed by atoms with Gasteiger partial charge in [-0.1, -0.05) is 13.3 Å². The standard InChI is InChI=1S/C12H24N2O2/c1-4-5-12(13-11(3)15)8-14-6-7-16-9-10(14)2/h10,12H,4-9H2,1-3H3,(H,13,15)/t10-,12+/m1/s1. The lowest BCUT2D eigenvalue weighted by Gasteiger charge is -2.35. The Hall–Kier alpha value is -0.610. The van der Waals surface area contributed by atoms with Gasteiger partial charge in [-0.2, -0.15) is 0 Å². The summed E-state index contributed by atoms with van der Waals surface area (Å²) < 4.78 is 5.41. The van der Waals surface area contributed by atoms with Crippen LogP contribution in [0.5, 0.6) is 0 Å². The highest BCUT2D eigenvalue weighted by molar-refractivity contribution is 5.73. The molecule has 1 aliphatic rings. The molecule has 0 aromatic heterocycles. The van der Waals surface area contributed by atoms with Gasteiger partial charge in [-0.05, 0) is 13.3 Å². The normalized spacial score (nSPS) is 24.1. The zero-order valence-electron chi connectivity index (χ0n) is 10.7. The van der Waals surface area contributed by atoms with Crippen LogP contribution in [-0.4, -0.2) is 49.2 Å². The Kier molecular flexibility index (Phi) is 5.77. The van der Waals surface area contributed by atoms with E-state index in [0.717, 1.165) is 39.1 Å². The van der Waals surface area contributed by atoms with Gasteiger partial charge in [-0.3, -0.25) is 9.69 Å². The monoisotopic (exact) mass is 228 g/mol. The summed E-state index contributed by atoms with van der Waals surface area (Å²) in [7, 11) is 0. The first-order chi connectivity index (χ1) is 7.63. The second-order valence-corrected chi connectivity index (χ2v) is 4.60. The molecule has 1 N–H and O–H groups in total. The highest BCUT2D eigenvalue weighted by Gasteiger charge is 2.22. The van der Waals surface area contributed by atoms with E-state index in [1.807, 2.05) is 0 Å². The second-order valence-electron chi connectivity index (χ2n) is 4.60. The van der Waals surface area contributed by atoms with Crippen molar-refractivity contribution in [1.29, 1.82) is 0 Å². The van der Waals surface area contributed by atoms with Crippen molar-refractivity contribution < 1.29 is 9.53 Å². The first-order valence-electron chi connectivity index (χ1n) is 6.22. The number of ether oxygens (including phenoxy) is 1. The number of nitrogens with zero attached hydrogens (tertiary/aromatic N) is 1. The number of amides is 1. The van der Waals surface area contributed by atoms with Crippen LogP contribution in [0.3, 0.4) is 0 Å². The first kappa shape index (κ1) is 13.5. The molecule has 94 valence electrons. The minimum Gasteiger partial charge on any atom is -0.379 e. The number of morpholine rings is 1. The van der Waals surface area contributed by atoms with Crippen LogP contribution >= 0.6 is 0 Å². The molecule has 0 bridgehead atoms. The summed E-state index contributed by atoms with van der Waals surface area (Å²) in [6, 6.07) is 0.741. The third-order valence-electron chi connectivity index (χ3n) is 3.00. The summed E-state index contributed by atoms with van der Waals surface area (Å²) in [4.78, 5) is 13.5. The summed E-state index contributed by atoms with van der Waals surface area (Å²) in [6.07, 6.45) is 2.15. The fourth-order valence-electron chi connectivity index (χ4n) is 2.16. The number of nitrogens with one attached hydrogen (secondary N) is 1. The maximum atomic E-state index is 11.1. The van der Waals surface area contributed by atoms with Gasteiger partial charge in [0.15, 0.2) is 0 Å². The van der Waals surface area contributed by atoms with E-state index < -0.39 is 0 Å². The quantitative estimate of drug-likeness (QED) is 0.763. The van der Waals surface area contributed by atoms with Crippen LogP contribution in [0.2, 0.25) is 0 Å². The van der Waals surface area contributed by atoms with E-state index in [9.17, 15) is 4.79 Å². The van der Waals surface area contributed by atoms with E-state index in [1.165, 1.54) is 0 Å². The molecule has 4 nitrogen and oxygen atoms in total. The summed E-state index contributed by atoms with van der Waals surface area (Å²) in [5, 5.41) is 3.03. The van der Waals surface area contributed by atoms with Crippen molar-refractivity contribution in [2.24, 2.45) is 0 Å².